The molecule has 0 aromatic heterocycles. The van der Waals surface area contributed by atoms with Gasteiger partial charge in [-0.05, 0) is 61.5 Å². The van der Waals surface area contributed by atoms with Crippen molar-refractivity contribution in [1.29, 1.82) is 0 Å². The van der Waals surface area contributed by atoms with Gasteiger partial charge in [0.1, 0.15) is 0 Å². The van der Waals surface area contributed by atoms with E-state index in [0.29, 0.717) is 5.41 Å². The van der Waals surface area contributed by atoms with Crippen LogP contribution in [0.4, 0.5) is 0 Å². The zero-order chi connectivity index (χ0) is 9.92. The first-order valence-electron chi connectivity index (χ1n) is 5.45. The molecular formula is C14H16. The van der Waals surface area contributed by atoms with Gasteiger partial charge < -0.3 is 0 Å². The van der Waals surface area contributed by atoms with E-state index in [9.17, 15) is 0 Å². The van der Waals surface area contributed by atoms with Gasteiger partial charge in [0, 0.05) is 5.41 Å². The van der Waals surface area contributed by atoms with Crippen LogP contribution in [0.2, 0.25) is 0 Å². The Labute approximate surface area is 85.7 Å². The molecule has 0 saturated heterocycles. The van der Waals surface area contributed by atoms with E-state index in [-0.39, 0.29) is 0 Å². The predicted molar refractivity (Wildman–Crippen MR) is 60.0 cm³/mol. The number of fused-ring (bicyclic) bond motifs is 1. The van der Waals surface area contributed by atoms with Gasteiger partial charge in [0.25, 0.3) is 0 Å². The van der Waals surface area contributed by atoms with Gasteiger partial charge in [-0.1, -0.05) is 18.2 Å². The number of hydrogen-bond acceptors (Lipinski definition) is 0. The molecule has 0 aromatic carbocycles. The molecule has 0 unspecified atom stereocenters. The quantitative estimate of drug-likeness (QED) is 0.535. The van der Waals surface area contributed by atoms with Gasteiger partial charge >= 0.3 is 0 Å². The Bertz CT molecular complexity index is 435. The first kappa shape index (κ1) is 8.28. The third kappa shape index (κ3) is 0.890. The lowest BCUT2D eigenvalue weighted by Gasteiger charge is -2.15. The number of hydrogen-bond donors (Lipinski definition) is 0. The molecule has 3 aliphatic rings. The van der Waals surface area contributed by atoms with E-state index in [2.05, 4.69) is 39.0 Å². The molecule has 0 aliphatic heterocycles. The Morgan fingerprint density at radius 1 is 1.00 bits per heavy atom. The summed E-state index contributed by atoms with van der Waals surface area (Å²) in [5.74, 6) is 0. The van der Waals surface area contributed by atoms with E-state index in [0.717, 1.165) is 0 Å². The van der Waals surface area contributed by atoms with Crippen molar-refractivity contribution in [3.8, 4) is 0 Å². The topological polar surface area (TPSA) is 0 Å². The van der Waals surface area contributed by atoms with Crippen molar-refractivity contribution >= 4 is 0 Å². The molecule has 3 rings (SSSR count). The standard InChI is InChI=1S/C14H16/c1-9-10(2)12-4-5-14(6-7-14)8-13(12)11(9)3/h4-5,8H,6-7H2,1-3H3. The fourth-order valence-electron chi connectivity index (χ4n) is 2.53. The molecule has 0 N–H and O–H groups in total. The predicted octanol–water partition coefficient (Wildman–Crippen LogP) is 3.93. The van der Waals surface area contributed by atoms with Gasteiger partial charge in [-0.15, -0.1) is 0 Å². The van der Waals surface area contributed by atoms with Crippen molar-refractivity contribution in [1.82, 2.24) is 0 Å². The summed E-state index contributed by atoms with van der Waals surface area (Å²) in [7, 11) is 0. The number of allylic oxidation sites excluding steroid dienone is 8. The third-order valence-electron chi connectivity index (χ3n) is 4.06. The van der Waals surface area contributed by atoms with Gasteiger partial charge in [-0.3, -0.25) is 0 Å². The maximum atomic E-state index is 2.50. The van der Waals surface area contributed by atoms with Crippen molar-refractivity contribution in [2.45, 2.75) is 33.6 Å². The lowest BCUT2D eigenvalue weighted by Crippen LogP contribution is -2.00. The van der Waals surface area contributed by atoms with Crippen LogP contribution in [-0.4, -0.2) is 0 Å². The second-order valence-electron chi connectivity index (χ2n) is 4.91. The molecule has 1 saturated carbocycles. The minimum Gasteiger partial charge on any atom is -0.0739 e. The highest BCUT2D eigenvalue weighted by molar-refractivity contribution is 5.68. The molecule has 0 atom stereocenters. The Morgan fingerprint density at radius 2 is 1.71 bits per heavy atom. The van der Waals surface area contributed by atoms with Gasteiger partial charge in [0.2, 0.25) is 0 Å². The van der Waals surface area contributed by atoms with Gasteiger partial charge in [-0.25, -0.2) is 0 Å². The van der Waals surface area contributed by atoms with E-state index >= 15 is 0 Å². The molecule has 0 bridgehead atoms. The lowest BCUT2D eigenvalue weighted by molar-refractivity contribution is 0.837. The second-order valence-corrected chi connectivity index (χ2v) is 4.91. The van der Waals surface area contributed by atoms with Crippen LogP contribution in [0.1, 0.15) is 33.6 Å². The largest absolute Gasteiger partial charge is 0.0739 e. The summed E-state index contributed by atoms with van der Waals surface area (Å²) < 4.78 is 0. The van der Waals surface area contributed by atoms with Crippen LogP contribution in [0.25, 0.3) is 0 Å². The second kappa shape index (κ2) is 2.31. The summed E-state index contributed by atoms with van der Waals surface area (Å²) in [5.41, 5.74) is 7.89. The average molecular weight is 184 g/mol. The molecule has 0 nitrogen and oxygen atoms in total. The monoisotopic (exact) mass is 184 g/mol. The van der Waals surface area contributed by atoms with Crippen molar-refractivity contribution in [2.24, 2.45) is 5.41 Å². The van der Waals surface area contributed by atoms with Crippen LogP contribution in [0, 0.1) is 5.41 Å². The zero-order valence-electron chi connectivity index (χ0n) is 9.15. The molecule has 0 amide bonds. The fourth-order valence-corrected chi connectivity index (χ4v) is 2.53. The van der Waals surface area contributed by atoms with E-state index < -0.39 is 0 Å². The molecule has 14 heavy (non-hydrogen) atoms. The summed E-state index contributed by atoms with van der Waals surface area (Å²) in [6.45, 7) is 6.74. The van der Waals surface area contributed by atoms with Crippen LogP contribution in [-0.2, 0) is 0 Å². The molecule has 0 heteroatoms. The molecule has 0 radical (unpaired) electrons. The highest BCUT2D eigenvalue weighted by Gasteiger charge is 2.41. The summed E-state index contributed by atoms with van der Waals surface area (Å²) in [6, 6.07) is 0. The van der Waals surface area contributed by atoms with E-state index in [1.54, 1.807) is 0 Å². The summed E-state index contributed by atoms with van der Waals surface area (Å²) >= 11 is 0. The summed E-state index contributed by atoms with van der Waals surface area (Å²) in [6.07, 6.45) is 9.95. The molecule has 3 aliphatic carbocycles. The average Bonchev–Trinajstić information content (AvgIpc) is 2.90. The highest BCUT2D eigenvalue weighted by atomic mass is 14.4. The summed E-state index contributed by atoms with van der Waals surface area (Å²) in [5, 5.41) is 0. The Kier molecular flexibility index (Phi) is 1.36. The van der Waals surface area contributed by atoms with Crippen molar-refractivity contribution in [3.05, 3.63) is 46.1 Å². The minimum atomic E-state index is 0.463. The normalized spacial score (nSPS) is 27.2. The van der Waals surface area contributed by atoms with Crippen molar-refractivity contribution < 1.29 is 0 Å². The van der Waals surface area contributed by atoms with E-state index in [1.165, 1.54) is 40.7 Å². The number of rotatable bonds is 0. The molecule has 0 heterocycles. The maximum absolute atomic E-state index is 2.50. The van der Waals surface area contributed by atoms with Gasteiger partial charge in [0.15, 0.2) is 0 Å². The van der Waals surface area contributed by atoms with E-state index in [1.807, 2.05) is 0 Å². The van der Waals surface area contributed by atoms with Crippen LogP contribution in [0.15, 0.2) is 46.1 Å². The highest BCUT2D eigenvalue weighted by Crippen LogP contribution is 2.54. The third-order valence-corrected chi connectivity index (χ3v) is 4.06. The zero-order valence-corrected chi connectivity index (χ0v) is 9.15. The molecule has 1 spiro atoms. The van der Waals surface area contributed by atoms with Crippen molar-refractivity contribution in [2.75, 3.05) is 0 Å². The molecular weight excluding hydrogens is 168 g/mol. The minimum absolute atomic E-state index is 0.463. The van der Waals surface area contributed by atoms with Gasteiger partial charge in [0.05, 0.1) is 0 Å². The Balaban J connectivity index is 2.18. The van der Waals surface area contributed by atoms with E-state index in [4.69, 9.17) is 0 Å². The van der Waals surface area contributed by atoms with Crippen LogP contribution in [0.5, 0.6) is 0 Å². The van der Waals surface area contributed by atoms with Crippen LogP contribution >= 0.6 is 0 Å². The van der Waals surface area contributed by atoms with Gasteiger partial charge in [-0.2, -0.15) is 0 Å². The molecule has 1 fully saturated rings. The molecule has 72 valence electrons. The van der Waals surface area contributed by atoms with Crippen LogP contribution in [0.3, 0.4) is 0 Å². The lowest BCUT2D eigenvalue weighted by atomic mass is 9.89. The Hall–Kier alpha value is -1.04. The SMILES string of the molecule is CC1=C(C)C(C)=C2C=CC3(C=C12)CC3. The smallest absolute Gasteiger partial charge is 0.00744 e. The first-order valence-corrected chi connectivity index (χ1v) is 5.45. The van der Waals surface area contributed by atoms with Crippen LogP contribution < -0.4 is 0 Å². The summed E-state index contributed by atoms with van der Waals surface area (Å²) in [4.78, 5) is 0. The maximum Gasteiger partial charge on any atom is 0.00744 e. The fraction of sp³-hybridized carbons (Fsp3) is 0.429. The molecule has 0 aromatic rings. The first-order chi connectivity index (χ1) is 6.63. The Morgan fingerprint density at radius 3 is 2.36 bits per heavy atom. The van der Waals surface area contributed by atoms with Crippen molar-refractivity contribution in [3.63, 3.8) is 0 Å².